The van der Waals surface area contributed by atoms with Gasteiger partial charge in [0.05, 0.1) is 23.9 Å². The molecule has 2 aromatic rings. The van der Waals surface area contributed by atoms with Gasteiger partial charge in [-0.3, -0.25) is 9.36 Å². The van der Waals surface area contributed by atoms with Gasteiger partial charge in [0.2, 0.25) is 5.91 Å². The molecular weight excluding hydrogens is 310 g/mol. The zero-order valence-electron chi connectivity index (χ0n) is 13.5. The number of carbonyl (C=O) groups is 1. The molecule has 120 valence electrons. The Morgan fingerprint density at radius 1 is 1.43 bits per heavy atom. The fraction of sp³-hybridized carbons (Fsp3) is 0.375. The van der Waals surface area contributed by atoms with E-state index in [9.17, 15) is 4.79 Å². The molecule has 0 N–H and O–H groups in total. The Morgan fingerprint density at radius 3 is 2.91 bits per heavy atom. The summed E-state index contributed by atoms with van der Waals surface area (Å²) in [6.45, 7) is 4.53. The van der Waals surface area contributed by atoms with Gasteiger partial charge in [0, 0.05) is 13.6 Å². The summed E-state index contributed by atoms with van der Waals surface area (Å²) in [5.74, 6) is 0.242. The van der Waals surface area contributed by atoms with Crippen molar-refractivity contribution in [1.82, 2.24) is 19.7 Å². The van der Waals surface area contributed by atoms with Crippen LogP contribution in [0.15, 0.2) is 29.7 Å². The van der Waals surface area contributed by atoms with Crippen LogP contribution in [0.1, 0.15) is 17.5 Å². The normalized spacial score (nSPS) is 10.3. The third-order valence-electron chi connectivity index (χ3n) is 3.44. The number of nitriles is 1. The summed E-state index contributed by atoms with van der Waals surface area (Å²) in [6.07, 6.45) is 2.00. The largest absolute Gasteiger partial charge is 0.344 e. The summed E-state index contributed by atoms with van der Waals surface area (Å²) in [5, 5.41) is 17.3. The van der Waals surface area contributed by atoms with Crippen LogP contribution >= 0.6 is 11.8 Å². The zero-order valence-corrected chi connectivity index (χ0v) is 14.3. The Bertz CT molecular complexity index is 734. The summed E-state index contributed by atoms with van der Waals surface area (Å²) in [4.78, 5) is 13.6. The quantitative estimate of drug-likeness (QED) is 0.761. The first-order valence-corrected chi connectivity index (χ1v) is 8.23. The van der Waals surface area contributed by atoms with Crippen LogP contribution in [0, 0.1) is 25.2 Å². The van der Waals surface area contributed by atoms with E-state index in [1.807, 2.05) is 36.6 Å². The second kappa shape index (κ2) is 7.79. The number of amides is 1. The topological polar surface area (TPSA) is 74.8 Å². The molecule has 0 fully saturated rings. The number of aryl methyl sites for hydroxylation is 2. The van der Waals surface area contributed by atoms with Crippen molar-refractivity contribution in [3.05, 3.63) is 35.7 Å². The lowest BCUT2D eigenvalue weighted by Crippen LogP contribution is -2.29. The van der Waals surface area contributed by atoms with E-state index in [1.54, 1.807) is 18.3 Å². The molecule has 1 heterocycles. The first kappa shape index (κ1) is 17.0. The molecule has 1 aromatic heterocycles. The van der Waals surface area contributed by atoms with Crippen molar-refractivity contribution in [2.24, 2.45) is 0 Å². The lowest BCUT2D eigenvalue weighted by atomic mass is 10.1. The van der Waals surface area contributed by atoms with Crippen molar-refractivity contribution in [3.8, 4) is 11.8 Å². The molecule has 0 bridgehead atoms. The van der Waals surface area contributed by atoms with Crippen LogP contribution < -0.4 is 0 Å². The smallest absolute Gasteiger partial charge is 0.232 e. The average Bonchev–Trinajstić information content (AvgIpc) is 2.98. The van der Waals surface area contributed by atoms with Gasteiger partial charge in [0.15, 0.2) is 5.16 Å². The van der Waals surface area contributed by atoms with Gasteiger partial charge in [0.1, 0.15) is 6.33 Å². The molecule has 0 atom stereocenters. The Morgan fingerprint density at radius 2 is 2.22 bits per heavy atom. The third kappa shape index (κ3) is 4.33. The van der Waals surface area contributed by atoms with Gasteiger partial charge >= 0.3 is 0 Å². The Labute approximate surface area is 140 Å². The maximum absolute atomic E-state index is 12.0. The minimum absolute atomic E-state index is 0.0274. The average molecular weight is 329 g/mol. The molecule has 0 spiro atoms. The first-order valence-electron chi connectivity index (χ1n) is 7.24. The molecule has 1 amide bonds. The monoisotopic (exact) mass is 329 g/mol. The van der Waals surface area contributed by atoms with Crippen molar-refractivity contribution in [1.29, 1.82) is 5.26 Å². The molecule has 0 unspecified atom stereocenters. The number of hydrogen-bond acceptors (Lipinski definition) is 5. The van der Waals surface area contributed by atoms with Gasteiger partial charge < -0.3 is 4.90 Å². The molecule has 6 nitrogen and oxygen atoms in total. The molecule has 2 rings (SSSR count). The fourth-order valence-electron chi connectivity index (χ4n) is 2.14. The Balaban J connectivity index is 2.07. The van der Waals surface area contributed by atoms with Crippen LogP contribution in [0.25, 0.3) is 5.69 Å². The molecule has 7 heteroatoms. The number of thioether (sulfide) groups is 1. The van der Waals surface area contributed by atoms with E-state index in [0.29, 0.717) is 18.1 Å². The molecule has 0 saturated carbocycles. The number of aromatic nitrogens is 3. The molecular formula is C16H19N5OS. The van der Waals surface area contributed by atoms with Gasteiger partial charge in [-0.25, -0.2) is 0 Å². The van der Waals surface area contributed by atoms with Crippen molar-refractivity contribution >= 4 is 17.7 Å². The number of hydrogen-bond donors (Lipinski definition) is 0. The van der Waals surface area contributed by atoms with Crippen LogP contribution in [0.4, 0.5) is 0 Å². The standard InChI is InChI=1S/C16H19N5OS/c1-12-5-6-14(13(2)9-12)21-11-18-19-16(21)23-10-15(22)20(3)8-4-7-17/h5-6,9,11H,4,8,10H2,1-3H3. The van der Waals surface area contributed by atoms with E-state index in [0.717, 1.165) is 11.3 Å². The molecule has 0 aliphatic rings. The van der Waals surface area contributed by atoms with Crippen molar-refractivity contribution < 1.29 is 4.79 Å². The van der Waals surface area contributed by atoms with Crippen LogP contribution in [-0.2, 0) is 4.79 Å². The van der Waals surface area contributed by atoms with Crippen LogP contribution in [-0.4, -0.2) is 44.9 Å². The van der Waals surface area contributed by atoms with E-state index >= 15 is 0 Å². The summed E-state index contributed by atoms with van der Waals surface area (Å²) in [7, 11) is 1.70. The number of benzene rings is 1. The highest BCUT2D eigenvalue weighted by molar-refractivity contribution is 7.99. The number of rotatable bonds is 6. The molecule has 23 heavy (non-hydrogen) atoms. The SMILES string of the molecule is Cc1ccc(-n2cnnc2SCC(=O)N(C)CCC#N)c(C)c1. The van der Waals surface area contributed by atoms with Gasteiger partial charge in [-0.2, -0.15) is 5.26 Å². The van der Waals surface area contributed by atoms with Crippen molar-refractivity contribution in [2.45, 2.75) is 25.4 Å². The Hall–Kier alpha value is -2.33. The maximum atomic E-state index is 12.0. The lowest BCUT2D eigenvalue weighted by molar-refractivity contribution is -0.127. The molecule has 0 radical (unpaired) electrons. The van der Waals surface area contributed by atoms with Gasteiger partial charge in [0.25, 0.3) is 0 Å². The summed E-state index contributed by atoms with van der Waals surface area (Å²) in [5.41, 5.74) is 3.33. The highest BCUT2D eigenvalue weighted by atomic mass is 32.2. The van der Waals surface area contributed by atoms with E-state index in [4.69, 9.17) is 5.26 Å². The van der Waals surface area contributed by atoms with E-state index < -0.39 is 0 Å². The first-order chi connectivity index (χ1) is 11.0. The van der Waals surface area contributed by atoms with E-state index in [-0.39, 0.29) is 11.7 Å². The third-order valence-corrected chi connectivity index (χ3v) is 4.37. The molecule has 1 aromatic carbocycles. The minimum Gasteiger partial charge on any atom is -0.344 e. The summed E-state index contributed by atoms with van der Waals surface area (Å²) < 4.78 is 1.89. The second-order valence-corrected chi connectivity index (χ2v) is 6.23. The number of carbonyl (C=O) groups excluding carboxylic acids is 1. The Kier molecular flexibility index (Phi) is 5.77. The van der Waals surface area contributed by atoms with E-state index in [1.165, 1.54) is 17.3 Å². The van der Waals surface area contributed by atoms with Gasteiger partial charge in [-0.15, -0.1) is 10.2 Å². The fourth-order valence-corrected chi connectivity index (χ4v) is 3.01. The number of nitrogens with zero attached hydrogens (tertiary/aromatic N) is 5. The van der Waals surface area contributed by atoms with Crippen molar-refractivity contribution in [3.63, 3.8) is 0 Å². The second-order valence-electron chi connectivity index (χ2n) is 5.29. The molecule has 0 saturated heterocycles. The van der Waals surface area contributed by atoms with Gasteiger partial charge in [-0.1, -0.05) is 29.5 Å². The predicted octanol–water partition coefficient (Wildman–Crippen LogP) is 2.35. The highest BCUT2D eigenvalue weighted by Crippen LogP contribution is 2.22. The van der Waals surface area contributed by atoms with E-state index in [2.05, 4.69) is 16.3 Å². The van der Waals surface area contributed by atoms with Crippen LogP contribution in [0.5, 0.6) is 0 Å². The molecule has 0 aliphatic carbocycles. The van der Waals surface area contributed by atoms with Crippen molar-refractivity contribution in [2.75, 3.05) is 19.3 Å². The highest BCUT2D eigenvalue weighted by Gasteiger charge is 2.14. The summed E-state index contributed by atoms with van der Waals surface area (Å²) in [6, 6.07) is 8.21. The lowest BCUT2D eigenvalue weighted by Gasteiger charge is -2.15. The van der Waals surface area contributed by atoms with Crippen LogP contribution in [0.3, 0.4) is 0 Å². The summed E-state index contributed by atoms with van der Waals surface area (Å²) >= 11 is 1.35. The molecule has 0 aliphatic heterocycles. The minimum atomic E-state index is -0.0274. The van der Waals surface area contributed by atoms with Crippen LogP contribution in [0.2, 0.25) is 0 Å². The zero-order chi connectivity index (χ0) is 16.8. The maximum Gasteiger partial charge on any atom is 0.232 e. The van der Waals surface area contributed by atoms with Gasteiger partial charge in [-0.05, 0) is 25.5 Å². The predicted molar refractivity (Wildman–Crippen MR) is 89.4 cm³/mol.